The van der Waals surface area contributed by atoms with Gasteiger partial charge in [-0.15, -0.1) is 0 Å². The van der Waals surface area contributed by atoms with Crippen molar-refractivity contribution in [2.24, 2.45) is 0 Å². The van der Waals surface area contributed by atoms with E-state index in [-0.39, 0.29) is 0 Å². The molecule has 0 saturated carbocycles. The average Bonchev–Trinajstić information content (AvgIpc) is 2.82. The lowest BCUT2D eigenvalue weighted by molar-refractivity contribution is 0.185. The smallest absolute Gasteiger partial charge is 0.228 e. The highest BCUT2D eigenvalue weighted by Crippen LogP contribution is 2.24. The van der Waals surface area contributed by atoms with Crippen molar-refractivity contribution in [3.05, 3.63) is 66.1 Å². The number of para-hydroxylation sites is 2. The first kappa shape index (κ1) is 10.1. The fourth-order valence-electron chi connectivity index (χ4n) is 1.78. The maximum absolute atomic E-state index is 10.1. The summed E-state index contributed by atoms with van der Waals surface area (Å²) in [6, 6.07) is 16.8. The van der Waals surface area contributed by atoms with Crippen molar-refractivity contribution in [3.63, 3.8) is 0 Å². The number of oxazole rings is 1. The number of nitrogens with zero attached hydrogens (tertiary/aromatic N) is 1. The van der Waals surface area contributed by atoms with E-state index in [1.165, 1.54) is 0 Å². The Balaban J connectivity index is 2.04. The van der Waals surface area contributed by atoms with Gasteiger partial charge in [0.05, 0.1) is 0 Å². The van der Waals surface area contributed by atoms with Gasteiger partial charge in [0, 0.05) is 0 Å². The van der Waals surface area contributed by atoms with Crippen molar-refractivity contribution in [1.29, 1.82) is 0 Å². The molecule has 0 aliphatic rings. The van der Waals surface area contributed by atoms with Crippen LogP contribution in [0.3, 0.4) is 0 Å². The highest BCUT2D eigenvalue weighted by Gasteiger charge is 2.16. The van der Waals surface area contributed by atoms with Crippen molar-refractivity contribution in [2.75, 3.05) is 0 Å². The summed E-state index contributed by atoms with van der Waals surface area (Å²) < 4.78 is 5.52. The topological polar surface area (TPSA) is 46.3 Å². The van der Waals surface area contributed by atoms with Gasteiger partial charge in [0.1, 0.15) is 5.52 Å². The minimum absolute atomic E-state index is 0.331. The number of fused-ring (bicyclic) bond motifs is 1. The quantitative estimate of drug-likeness (QED) is 0.729. The molecule has 84 valence electrons. The predicted octanol–water partition coefficient (Wildman–Crippen LogP) is 2.91. The van der Waals surface area contributed by atoms with Crippen molar-refractivity contribution in [2.45, 2.75) is 6.10 Å². The van der Waals surface area contributed by atoms with Crippen LogP contribution in [0.5, 0.6) is 0 Å². The fraction of sp³-hybridized carbons (Fsp3) is 0.0714. The summed E-state index contributed by atoms with van der Waals surface area (Å²) in [4.78, 5) is 4.27. The molecule has 0 amide bonds. The van der Waals surface area contributed by atoms with Crippen molar-refractivity contribution in [1.82, 2.24) is 4.98 Å². The summed E-state index contributed by atoms with van der Waals surface area (Å²) in [6.45, 7) is 0. The van der Waals surface area contributed by atoms with Crippen LogP contribution in [0, 0.1) is 0 Å². The highest BCUT2D eigenvalue weighted by atomic mass is 16.4. The molecule has 1 N–H and O–H groups in total. The van der Waals surface area contributed by atoms with Gasteiger partial charge in [0.2, 0.25) is 5.89 Å². The summed E-state index contributed by atoms with van der Waals surface area (Å²) in [5.41, 5.74) is 2.23. The molecule has 1 atom stereocenters. The third-order valence-electron chi connectivity index (χ3n) is 2.66. The molecule has 3 heteroatoms. The molecule has 3 aromatic rings. The van der Waals surface area contributed by atoms with E-state index in [0.29, 0.717) is 11.5 Å². The zero-order valence-corrected chi connectivity index (χ0v) is 9.08. The third kappa shape index (κ3) is 1.81. The maximum atomic E-state index is 10.1. The first-order valence-corrected chi connectivity index (χ1v) is 5.43. The second kappa shape index (κ2) is 4.03. The number of aromatic nitrogens is 1. The lowest BCUT2D eigenvalue weighted by Crippen LogP contribution is -1.99. The van der Waals surface area contributed by atoms with Crippen LogP contribution in [0.15, 0.2) is 59.0 Å². The first-order chi connectivity index (χ1) is 8.34. The number of benzene rings is 2. The Morgan fingerprint density at radius 3 is 2.41 bits per heavy atom. The molecule has 0 unspecified atom stereocenters. The molecule has 2 aromatic carbocycles. The number of rotatable bonds is 2. The van der Waals surface area contributed by atoms with Gasteiger partial charge in [0.25, 0.3) is 0 Å². The summed E-state index contributed by atoms with van der Waals surface area (Å²) >= 11 is 0. The molecule has 17 heavy (non-hydrogen) atoms. The van der Waals surface area contributed by atoms with Crippen LogP contribution < -0.4 is 0 Å². The molecule has 0 aliphatic heterocycles. The Bertz CT molecular complexity index is 598. The standard InChI is InChI=1S/C14H11NO2/c16-13(10-6-2-1-3-7-10)14-15-11-8-4-5-9-12(11)17-14/h1-9,13,16H/t13-/m0/s1. The Kier molecular flexibility index (Phi) is 2.38. The van der Waals surface area contributed by atoms with Crippen LogP contribution in [0.4, 0.5) is 0 Å². The molecular formula is C14H11NO2. The lowest BCUT2D eigenvalue weighted by atomic mass is 10.1. The zero-order chi connectivity index (χ0) is 11.7. The Labute approximate surface area is 98.3 Å². The second-order valence-corrected chi connectivity index (χ2v) is 3.83. The predicted molar refractivity (Wildman–Crippen MR) is 64.5 cm³/mol. The van der Waals surface area contributed by atoms with E-state index >= 15 is 0 Å². The van der Waals surface area contributed by atoms with Gasteiger partial charge in [-0.05, 0) is 17.7 Å². The molecule has 0 bridgehead atoms. The summed E-state index contributed by atoms with van der Waals surface area (Å²) in [5.74, 6) is 0.331. The van der Waals surface area contributed by atoms with E-state index in [1.807, 2.05) is 54.6 Å². The minimum Gasteiger partial charge on any atom is -0.437 e. The SMILES string of the molecule is O[C@@H](c1ccccc1)c1nc2ccccc2o1. The molecule has 0 fully saturated rings. The highest BCUT2D eigenvalue weighted by molar-refractivity contribution is 5.72. The Morgan fingerprint density at radius 1 is 0.941 bits per heavy atom. The largest absolute Gasteiger partial charge is 0.437 e. The van der Waals surface area contributed by atoms with Gasteiger partial charge in [-0.25, -0.2) is 4.98 Å². The third-order valence-corrected chi connectivity index (χ3v) is 2.66. The van der Waals surface area contributed by atoms with Crippen LogP contribution in [0.25, 0.3) is 11.1 Å². The molecule has 1 heterocycles. The molecule has 0 saturated heterocycles. The van der Waals surface area contributed by atoms with Crippen LogP contribution >= 0.6 is 0 Å². The molecule has 0 radical (unpaired) electrons. The zero-order valence-electron chi connectivity index (χ0n) is 9.08. The van der Waals surface area contributed by atoms with Gasteiger partial charge < -0.3 is 9.52 Å². The molecule has 0 spiro atoms. The van der Waals surface area contributed by atoms with Gasteiger partial charge in [-0.3, -0.25) is 0 Å². The van der Waals surface area contributed by atoms with Gasteiger partial charge in [0.15, 0.2) is 11.7 Å². The van der Waals surface area contributed by atoms with Crippen molar-refractivity contribution in [3.8, 4) is 0 Å². The summed E-state index contributed by atoms with van der Waals surface area (Å²) in [5, 5.41) is 10.1. The van der Waals surface area contributed by atoms with E-state index in [0.717, 1.165) is 11.1 Å². The minimum atomic E-state index is -0.816. The maximum Gasteiger partial charge on any atom is 0.228 e. The van der Waals surface area contributed by atoms with Crippen molar-refractivity contribution >= 4 is 11.1 Å². The van der Waals surface area contributed by atoms with Gasteiger partial charge in [-0.1, -0.05) is 42.5 Å². The van der Waals surface area contributed by atoms with Crippen LogP contribution in [-0.2, 0) is 0 Å². The average molecular weight is 225 g/mol. The van der Waals surface area contributed by atoms with Crippen LogP contribution in [0.1, 0.15) is 17.6 Å². The van der Waals surface area contributed by atoms with Gasteiger partial charge >= 0.3 is 0 Å². The molecule has 3 nitrogen and oxygen atoms in total. The van der Waals surface area contributed by atoms with Crippen LogP contribution in [-0.4, -0.2) is 10.1 Å². The van der Waals surface area contributed by atoms with Gasteiger partial charge in [-0.2, -0.15) is 0 Å². The number of hydrogen-bond acceptors (Lipinski definition) is 3. The van der Waals surface area contributed by atoms with E-state index < -0.39 is 6.10 Å². The monoisotopic (exact) mass is 225 g/mol. The Hall–Kier alpha value is -2.13. The normalized spacial score (nSPS) is 12.8. The van der Waals surface area contributed by atoms with E-state index in [1.54, 1.807) is 0 Å². The number of aliphatic hydroxyl groups excluding tert-OH is 1. The van der Waals surface area contributed by atoms with Crippen molar-refractivity contribution < 1.29 is 9.52 Å². The molecule has 0 aliphatic carbocycles. The number of aliphatic hydroxyl groups is 1. The number of hydrogen-bond donors (Lipinski definition) is 1. The van der Waals surface area contributed by atoms with E-state index in [9.17, 15) is 5.11 Å². The van der Waals surface area contributed by atoms with Crippen LogP contribution in [0.2, 0.25) is 0 Å². The summed E-state index contributed by atoms with van der Waals surface area (Å²) in [6.07, 6.45) is -0.816. The summed E-state index contributed by atoms with van der Waals surface area (Å²) in [7, 11) is 0. The lowest BCUT2D eigenvalue weighted by Gasteiger charge is -2.05. The molecule has 1 aromatic heterocycles. The molecular weight excluding hydrogens is 214 g/mol. The van der Waals surface area contributed by atoms with E-state index in [4.69, 9.17) is 4.42 Å². The first-order valence-electron chi connectivity index (χ1n) is 5.43. The molecule has 3 rings (SSSR count). The fourth-order valence-corrected chi connectivity index (χ4v) is 1.78. The second-order valence-electron chi connectivity index (χ2n) is 3.83. The Morgan fingerprint density at radius 2 is 1.65 bits per heavy atom. The van der Waals surface area contributed by atoms with E-state index in [2.05, 4.69) is 4.98 Å².